The zero-order chi connectivity index (χ0) is 8.97. The highest BCUT2D eigenvalue weighted by molar-refractivity contribution is 5.35. The lowest BCUT2D eigenvalue weighted by Gasteiger charge is -2.08. The number of nitrogens with one attached hydrogen (secondary N) is 1. The Morgan fingerprint density at radius 2 is 2.25 bits per heavy atom. The van der Waals surface area contributed by atoms with Gasteiger partial charge >= 0.3 is 0 Å². The zero-order valence-corrected chi connectivity index (χ0v) is 7.41. The van der Waals surface area contributed by atoms with Gasteiger partial charge in [-0.25, -0.2) is 4.98 Å². The molecule has 0 aromatic carbocycles. The van der Waals surface area contributed by atoms with Crippen molar-refractivity contribution >= 4 is 5.82 Å². The van der Waals surface area contributed by atoms with Crippen LogP contribution in [-0.2, 0) is 6.61 Å². The average molecular weight is 166 g/mol. The van der Waals surface area contributed by atoms with Crippen LogP contribution in [-0.4, -0.2) is 16.1 Å². The highest BCUT2D eigenvalue weighted by atomic mass is 16.3. The van der Waals surface area contributed by atoms with Crippen molar-refractivity contribution in [2.24, 2.45) is 0 Å². The van der Waals surface area contributed by atoms with Crippen LogP contribution in [0.2, 0.25) is 0 Å². The number of aliphatic hydroxyl groups excluding tert-OH is 1. The Bertz CT molecular complexity index is 248. The first kappa shape index (κ1) is 9.00. The molecule has 12 heavy (non-hydrogen) atoms. The lowest BCUT2D eigenvalue weighted by atomic mass is 10.3. The summed E-state index contributed by atoms with van der Waals surface area (Å²) in [5, 5.41) is 12.0. The fraction of sp³-hybridized carbons (Fsp3) is 0.444. The van der Waals surface area contributed by atoms with Gasteiger partial charge in [-0.1, -0.05) is 6.07 Å². The number of anilines is 1. The Morgan fingerprint density at radius 3 is 2.83 bits per heavy atom. The maximum absolute atomic E-state index is 8.81. The van der Waals surface area contributed by atoms with Crippen LogP contribution in [0, 0.1) is 0 Å². The van der Waals surface area contributed by atoms with Gasteiger partial charge in [0.1, 0.15) is 5.82 Å². The third kappa shape index (κ3) is 2.51. The maximum Gasteiger partial charge on any atom is 0.126 e. The summed E-state index contributed by atoms with van der Waals surface area (Å²) in [5.74, 6) is 0.816. The summed E-state index contributed by atoms with van der Waals surface area (Å²) >= 11 is 0. The smallest absolute Gasteiger partial charge is 0.126 e. The molecule has 0 amide bonds. The Hall–Kier alpha value is -1.09. The fourth-order valence-corrected chi connectivity index (χ4v) is 0.944. The minimum atomic E-state index is -0.00633. The van der Waals surface area contributed by atoms with E-state index in [4.69, 9.17) is 5.11 Å². The van der Waals surface area contributed by atoms with E-state index < -0.39 is 0 Å². The molecule has 0 fully saturated rings. The van der Waals surface area contributed by atoms with E-state index in [1.165, 1.54) is 0 Å². The fourth-order valence-electron chi connectivity index (χ4n) is 0.944. The summed E-state index contributed by atoms with van der Waals surface area (Å²) < 4.78 is 0. The summed E-state index contributed by atoms with van der Waals surface area (Å²) in [7, 11) is 0. The van der Waals surface area contributed by atoms with Crippen molar-refractivity contribution in [2.75, 3.05) is 5.32 Å². The monoisotopic (exact) mass is 166 g/mol. The van der Waals surface area contributed by atoms with Crippen LogP contribution in [0.4, 0.5) is 5.82 Å². The van der Waals surface area contributed by atoms with Crippen LogP contribution in [0.5, 0.6) is 0 Å². The molecule has 3 nitrogen and oxygen atoms in total. The molecule has 0 aliphatic rings. The number of nitrogens with zero attached hydrogens (tertiary/aromatic N) is 1. The Kier molecular flexibility index (Phi) is 3.05. The molecule has 1 heterocycles. The summed E-state index contributed by atoms with van der Waals surface area (Å²) in [4.78, 5) is 4.17. The van der Waals surface area contributed by atoms with Gasteiger partial charge in [-0.2, -0.15) is 0 Å². The molecule has 0 radical (unpaired) electrons. The van der Waals surface area contributed by atoms with E-state index in [0.717, 1.165) is 5.82 Å². The van der Waals surface area contributed by atoms with Crippen molar-refractivity contribution in [2.45, 2.75) is 26.5 Å². The second-order valence-electron chi connectivity index (χ2n) is 2.97. The number of aromatic nitrogens is 1. The standard InChI is InChI=1S/C9H14N2O/c1-7(2)10-9-5-3-4-8(6-12)11-9/h3-5,7,12H,6H2,1-2H3,(H,10,11). The van der Waals surface area contributed by atoms with Gasteiger partial charge in [-0.05, 0) is 26.0 Å². The van der Waals surface area contributed by atoms with Crippen molar-refractivity contribution in [3.05, 3.63) is 23.9 Å². The summed E-state index contributed by atoms with van der Waals surface area (Å²) in [6, 6.07) is 5.93. The second kappa shape index (κ2) is 4.07. The maximum atomic E-state index is 8.81. The predicted octanol–water partition coefficient (Wildman–Crippen LogP) is 1.39. The van der Waals surface area contributed by atoms with Crippen LogP contribution < -0.4 is 5.32 Å². The van der Waals surface area contributed by atoms with Crippen molar-refractivity contribution in [3.8, 4) is 0 Å². The van der Waals surface area contributed by atoms with Crippen LogP contribution in [0.1, 0.15) is 19.5 Å². The highest BCUT2D eigenvalue weighted by Gasteiger charge is 1.97. The molecule has 0 aliphatic heterocycles. The quantitative estimate of drug-likeness (QED) is 0.713. The molecule has 1 rings (SSSR count). The van der Waals surface area contributed by atoms with Gasteiger partial charge < -0.3 is 10.4 Å². The van der Waals surface area contributed by atoms with Crippen molar-refractivity contribution < 1.29 is 5.11 Å². The normalized spacial score (nSPS) is 10.3. The van der Waals surface area contributed by atoms with Crippen molar-refractivity contribution in [3.63, 3.8) is 0 Å². The first-order chi connectivity index (χ1) is 5.72. The average Bonchev–Trinajstić information content (AvgIpc) is 2.03. The third-order valence-corrected chi connectivity index (χ3v) is 1.41. The number of rotatable bonds is 3. The van der Waals surface area contributed by atoms with Crippen LogP contribution in [0.25, 0.3) is 0 Å². The highest BCUT2D eigenvalue weighted by Crippen LogP contribution is 2.05. The molecular formula is C9H14N2O. The van der Waals surface area contributed by atoms with Gasteiger partial charge in [-0.15, -0.1) is 0 Å². The van der Waals surface area contributed by atoms with E-state index in [0.29, 0.717) is 11.7 Å². The molecule has 2 N–H and O–H groups in total. The summed E-state index contributed by atoms with van der Waals surface area (Å²) in [5.41, 5.74) is 0.695. The van der Waals surface area contributed by atoms with Crippen LogP contribution in [0.15, 0.2) is 18.2 Å². The van der Waals surface area contributed by atoms with Gasteiger partial charge in [0.15, 0.2) is 0 Å². The molecule has 1 aromatic rings. The SMILES string of the molecule is CC(C)Nc1cccc(CO)n1. The number of aliphatic hydroxyl groups is 1. The zero-order valence-electron chi connectivity index (χ0n) is 7.41. The second-order valence-corrected chi connectivity index (χ2v) is 2.97. The first-order valence-electron chi connectivity index (χ1n) is 4.05. The Balaban J connectivity index is 2.72. The van der Waals surface area contributed by atoms with Crippen LogP contribution >= 0.6 is 0 Å². The molecule has 0 saturated heterocycles. The van der Waals surface area contributed by atoms with Gasteiger partial charge in [0.2, 0.25) is 0 Å². The van der Waals surface area contributed by atoms with Gasteiger partial charge in [0, 0.05) is 6.04 Å². The largest absolute Gasteiger partial charge is 0.390 e. The molecule has 0 atom stereocenters. The van der Waals surface area contributed by atoms with E-state index in [2.05, 4.69) is 10.3 Å². The molecule has 0 aliphatic carbocycles. The Labute approximate surface area is 72.5 Å². The summed E-state index contributed by atoms with van der Waals surface area (Å²) in [6.45, 7) is 4.09. The minimum Gasteiger partial charge on any atom is -0.390 e. The molecule has 66 valence electrons. The van der Waals surface area contributed by atoms with E-state index in [9.17, 15) is 0 Å². The number of hydrogen-bond acceptors (Lipinski definition) is 3. The molecule has 3 heteroatoms. The van der Waals surface area contributed by atoms with E-state index in [-0.39, 0.29) is 6.61 Å². The molecule has 1 aromatic heterocycles. The summed E-state index contributed by atoms with van der Waals surface area (Å²) in [6.07, 6.45) is 0. The van der Waals surface area contributed by atoms with E-state index >= 15 is 0 Å². The number of hydrogen-bond donors (Lipinski definition) is 2. The van der Waals surface area contributed by atoms with E-state index in [1.54, 1.807) is 6.07 Å². The lowest BCUT2D eigenvalue weighted by molar-refractivity contribution is 0.277. The third-order valence-electron chi connectivity index (χ3n) is 1.41. The van der Waals surface area contributed by atoms with E-state index in [1.807, 2.05) is 26.0 Å². The lowest BCUT2D eigenvalue weighted by Crippen LogP contribution is -2.11. The minimum absolute atomic E-state index is 0.00633. The topological polar surface area (TPSA) is 45.1 Å². The van der Waals surface area contributed by atoms with Crippen LogP contribution in [0.3, 0.4) is 0 Å². The van der Waals surface area contributed by atoms with Crippen molar-refractivity contribution in [1.29, 1.82) is 0 Å². The first-order valence-corrected chi connectivity index (χ1v) is 4.05. The van der Waals surface area contributed by atoms with Gasteiger partial charge in [0.05, 0.1) is 12.3 Å². The molecule has 0 saturated carbocycles. The molecule has 0 spiro atoms. The van der Waals surface area contributed by atoms with Gasteiger partial charge in [-0.3, -0.25) is 0 Å². The van der Waals surface area contributed by atoms with Gasteiger partial charge in [0.25, 0.3) is 0 Å². The predicted molar refractivity (Wildman–Crippen MR) is 48.9 cm³/mol. The Morgan fingerprint density at radius 1 is 1.50 bits per heavy atom. The molecule has 0 bridgehead atoms. The van der Waals surface area contributed by atoms with Crippen molar-refractivity contribution in [1.82, 2.24) is 4.98 Å². The number of pyridine rings is 1. The molecule has 0 unspecified atom stereocenters. The molecular weight excluding hydrogens is 152 g/mol.